The van der Waals surface area contributed by atoms with Crippen molar-refractivity contribution >= 4 is 23.4 Å². The quantitative estimate of drug-likeness (QED) is 0.244. The molecule has 2 aromatic rings. The smallest absolute Gasteiger partial charge is 0.269 e. The summed E-state index contributed by atoms with van der Waals surface area (Å²) >= 11 is 5.81. The highest BCUT2D eigenvalue weighted by Gasteiger charge is 2.09. The first kappa shape index (κ1) is 25.7. The van der Waals surface area contributed by atoms with Crippen LogP contribution in [-0.4, -0.2) is 18.4 Å². The average Bonchev–Trinajstić information content (AvgIpc) is 2.81. The molecule has 32 heavy (non-hydrogen) atoms. The Bertz CT molecular complexity index is 807. The van der Waals surface area contributed by atoms with Crippen LogP contribution in [0.2, 0.25) is 5.02 Å². The summed E-state index contributed by atoms with van der Waals surface area (Å²) < 4.78 is 5.77. The number of benzene rings is 2. The number of halogens is 1. The lowest BCUT2D eigenvalue weighted by molar-refractivity contribution is 0.0846. The fraction of sp³-hybridized carbons (Fsp3) is 0.462. The summed E-state index contributed by atoms with van der Waals surface area (Å²) in [5, 5.41) is 0.543. The molecule has 0 aliphatic carbocycles. The highest BCUT2D eigenvalue weighted by atomic mass is 35.5. The van der Waals surface area contributed by atoms with E-state index in [1.165, 1.54) is 57.8 Å². The molecular weight excluding hydrogens is 424 g/mol. The Morgan fingerprint density at radius 2 is 1.12 bits per heavy atom. The third-order valence-electron chi connectivity index (χ3n) is 5.28. The second kappa shape index (κ2) is 15.3. The lowest BCUT2D eigenvalue weighted by Crippen LogP contribution is -2.41. The van der Waals surface area contributed by atoms with Crippen molar-refractivity contribution in [3.05, 3.63) is 64.7 Å². The average molecular weight is 459 g/mol. The van der Waals surface area contributed by atoms with Gasteiger partial charge in [-0.2, -0.15) is 0 Å². The maximum Gasteiger partial charge on any atom is 0.269 e. The van der Waals surface area contributed by atoms with E-state index in [1.54, 1.807) is 48.5 Å². The van der Waals surface area contributed by atoms with Crippen LogP contribution in [0.25, 0.3) is 0 Å². The maximum atomic E-state index is 12.2. The van der Waals surface area contributed by atoms with Crippen molar-refractivity contribution in [3.8, 4) is 5.75 Å². The van der Waals surface area contributed by atoms with E-state index in [-0.39, 0.29) is 0 Å². The van der Waals surface area contributed by atoms with Crippen LogP contribution in [0.5, 0.6) is 5.75 Å². The summed E-state index contributed by atoms with van der Waals surface area (Å²) in [5.41, 5.74) is 5.65. The zero-order valence-electron chi connectivity index (χ0n) is 19.0. The van der Waals surface area contributed by atoms with Crippen molar-refractivity contribution < 1.29 is 14.3 Å². The minimum absolute atomic E-state index is 0.395. The normalized spacial score (nSPS) is 10.6. The monoisotopic (exact) mass is 458 g/mol. The summed E-state index contributed by atoms with van der Waals surface area (Å²) in [6, 6.07) is 13.3. The number of carbonyl (C=O) groups is 2. The van der Waals surface area contributed by atoms with E-state index in [0.29, 0.717) is 22.8 Å². The van der Waals surface area contributed by atoms with Gasteiger partial charge in [-0.25, -0.2) is 0 Å². The molecule has 2 aromatic carbocycles. The van der Waals surface area contributed by atoms with E-state index in [2.05, 4.69) is 17.8 Å². The van der Waals surface area contributed by atoms with Gasteiger partial charge in [0.15, 0.2) is 0 Å². The van der Waals surface area contributed by atoms with Gasteiger partial charge in [0.1, 0.15) is 5.75 Å². The van der Waals surface area contributed by atoms with E-state index in [0.717, 1.165) is 12.2 Å². The Hall–Kier alpha value is -2.53. The number of hydrazine groups is 1. The summed E-state index contributed by atoms with van der Waals surface area (Å²) in [6.45, 7) is 2.93. The number of rotatable bonds is 14. The Balaban J connectivity index is 1.57. The molecule has 0 aromatic heterocycles. The first-order chi connectivity index (χ1) is 15.6. The van der Waals surface area contributed by atoms with Crippen LogP contribution in [0.3, 0.4) is 0 Å². The molecule has 0 saturated carbocycles. The number of nitrogens with one attached hydrogen (secondary N) is 2. The van der Waals surface area contributed by atoms with Gasteiger partial charge in [0.05, 0.1) is 6.61 Å². The molecule has 2 amide bonds. The van der Waals surface area contributed by atoms with E-state index < -0.39 is 11.8 Å². The van der Waals surface area contributed by atoms with Crippen molar-refractivity contribution in [1.29, 1.82) is 0 Å². The molecular formula is C26H35ClN2O3. The van der Waals surface area contributed by atoms with Gasteiger partial charge < -0.3 is 4.74 Å². The molecule has 0 aliphatic heterocycles. The van der Waals surface area contributed by atoms with Crippen LogP contribution >= 0.6 is 11.6 Å². The van der Waals surface area contributed by atoms with Crippen LogP contribution in [0, 0.1) is 0 Å². The van der Waals surface area contributed by atoms with Gasteiger partial charge in [-0.15, -0.1) is 0 Å². The maximum absolute atomic E-state index is 12.2. The minimum Gasteiger partial charge on any atom is -0.494 e. The second-order valence-electron chi connectivity index (χ2n) is 7.97. The van der Waals surface area contributed by atoms with Crippen molar-refractivity contribution in [2.24, 2.45) is 0 Å². The zero-order valence-corrected chi connectivity index (χ0v) is 19.8. The van der Waals surface area contributed by atoms with Crippen molar-refractivity contribution in [2.75, 3.05) is 6.61 Å². The van der Waals surface area contributed by atoms with E-state index in [4.69, 9.17) is 16.3 Å². The van der Waals surface area contributed by atoms with Gasteiger partial charge in [-0.1, -0.05) is 76.3 Å². The van der Waals surface area contributed by atoms with Crippen LogP contribution in [0.15, 0.2) is 48.5 Å². The highest BCUT2D eigenvalue weighted by Crippen LogP contribution is 2.14. The van der Waals surface area contributed by atoms with E-state index >= 15 is 0 Å². The third kappa shape index (κ3) is 10.2. The number of ether oxygens (including phenoxy) is 1. The minimum atomic E-state index is -0.411. The topological polar surface area (TPSA) is 67.4 Å². The summed E-state index contributed by atoms with van der Waals surface area (Å²) in [5.74, 6) is -0.0669. The fourth-order valence-electron chi connectivity index (χ4n) is 3.34. The van der Waals surface area contributed by atoms with E-state index in [1.807, 2.05) is 0 Å². The van der Waals surface area contributed by atoms with Crippen molar-refractivity contribution in [2.45, 2.75) is 71.1 Å². The third-order valence-corrected chi connectivity index (χ3v) is 5.53. The molecule has 0 unspecified atom stereocenters. The Morgan fingerprint density at radius 3 is 1.62 bits per heavy atom. The Labute approximate surface area is 196 Å². The second-order valence-corrected chi connectivity index (χ2v) is 8.41. The molecule has 0 atom stereocenters. The van der Waals surface area contributed by atoms with Gasteiger partial charge in [-0.3, -0.25) is 20.4 Å². The number of carbonyl (C=O) groups excluding carboxylic acids is 2. The molecule has 2 rings (SSSR count). The van der Waals surface area contributed by atoms with Gasteiger partial charge in [0.2, 0.25) is 0 Å². The van der Waals surface area contributed by atoms with Crippen LogP contribution in [0.4, 0.5) is 0 Å². The van der Waals surface area contributed by atoms with E-state index in [9.17, 15) is 9.59 Å². The molecule has 2 N–H and O–H groups in total. The predicted molar refractivity (Wildman–Crippen MR) is 130 cm³/mol. The van der Waals surface area contributed by atoms with Gasteiger partial charge >= 0.3 is 0 Å². The van der Waals surface area contributed by atoms with Gasteiger partial charge in [-0.05, 0) is 55.0 Å². The van der Waals surface area contributed by atoms with Gasteiger partial charge in [0.25, 0.3) is 11.8 Å². The number of hydrogen-bond acceptors (Lipinski definition) is 3. The Kier molecular flexibility index (Phi) is 12.3. The molecule has 0 fully saturated rings. The number of hydrogen-bond donors (Lipinski definition) is 2. The zero-order chi connectivity index (χ0) is 23.0. The van der Waals surface area contributed by atoms with Crippen LogP contribution < -0.4 is 15.6 Å². The van der Waals surface area contributed by atoms with Crippen molar-refractivity contribution in [3.63, 3.8) is 0 Å². The summed E-state index contributed by atoms with van der Waals surface area (Å²) in [4.78, 5) is 24.3. The highest BCUT2D eigenvalue weighted by molar-refractivity contribution is 6.30. The molecule has 5 nitrogen and oxygen atoms in total. The lowest BCUT2D eigenvalue weighted by Gasteiger charge is -2.09. The first-order valence-electron chi connectivity index (χ1n) is 11.7. The molecule has 0 heterocycles. The molecule has 0 radical (unpaired) electrons. The van der Waals surface area contributed by atoms with Crippen LogP contribution in [0.1, 0.15) is 91.8 Å². The molecule has 0 saturated heterocycles. The molecule has 174 valence electrons. The standard InChI is InChI=1S/C26H35ClN2O3/c1-2-3-4-5-6-7-8-9-10-11-20-32-24-18-14-22(15-19-24)26(31)29-28-25(30)21-12-16-23(27)17-13-21/h12-19H,2-11,20H2,1H3,(H,28,30)(H,29,31). The molecule has 0 bridgehead atoms. The molecule has 6 heteroatoms. The first-order valence-corrected chi connectivity index (χ1v) is 12.1. The molecule has 0 spiro atoms. The fourth-order valence-corrected chi connectivity index (χ4v) is 3.47. The van der Waals surface area contributed by atoms with Crippen LogP contribution in [-0.2, 0) is 0 Å². The number of amides is 2. The Morgan fingerprint density at radius 1 is 0.688 bits per heavy atom. The SMILES string of the molecule is CCCCCCCCCCCCOc1ccc(C(=O)NNC(=O)c2ccc(Cl)cc2)cc1. The summed E-state index contributed by atoms with van der Waals surface area (Å²) in [7, 11) is 0. The van der Waals surface area contributed by atoms with Crippen molar-refractivity contribution in [1.82, 2.24) is 10.9 Å². The van der Waals surface area contributed by atoms with Gasteiger partial charge in [0, 0.05) is 16.1 Å². The summed E-state index contributed by atoms with van der Waals surface area (Å²) in [6.07, 6.45) is 12.9. The predicted octanol–water partition coefficient (Wildman–Crippen LogP) is 6.71. The lowest BCUT2D eigenvalue weighted by atomic mass is 10.1. The largest absolute Gasteiger partial charge is 0.494 e. The molecule has 0 aliphatic rings. The number of unbranched alkanes of at least 4 members (excludes halogenated alkanes) is 9.